The predicted octanol–water partition coefficient (Wildman–Crippen LogP) is 4.45. The fourth-order valence-corrected chi connectivity index (χ4v) is 4.09. The molecular formula is C13H22Br2O2. The van der Waals surface area contributed by atoms with Crippen LogP contribution in [0.5, 0.6) is 0 Å². The van der Waals surface area contributed by atoms with Crippen LogP contribution < -0.4 is 0 Å². The fourth-order valence-electron chi connectivity index (χ4n) is 3.44. The largest absolute Gasteiger partial charge is 0.349 e. The maximum atomic E-state index is 6.27. The van der Waals surface area contributed by atoms with Crippen molar-refractivity contribution in [1.82, 2.24) is 0 Å². The van der Waals surface area contributed by atoms with Gasteiger partial charge >= 0.3 is 0 Å². The summed E-state index contributed by atoms with van der Waals surface area (Å²) >= 11 is 7.28. The summed E-state index contributed by atoms with van der Waals surface area (Å²) in [7, 11) is 0. The van der Waals surface area contributed by atoms with E-state index < -0.39 is 5.79 Å². The molecule has 1 heterocycles. The zero-order valence-electron chi connectivity index (χ0n) is 11.1. The van der Waals surface area contributed by atoms with Crippen molar-refractivity contribution in [2.75, 3.05) is 6.61 Å². The molecule has 0 aromatic rings. The van der Waals surface area contributed by atoms with E-state index in [0.29, 0.717) is 17.9 Å². The van der Waals surface area contributed by atoms with Gasteiger partial charge in [-0.3, -0.25) is 0 Å². The normalized spacial score (nSPS) is 50.5. The first-order chi connectivity index (χ1) is 7.64. The van der Waals surface area contributed by atoms with Gasteiger partial charge in [0.1, 0.15) is 4.51 Å². The van der Waals surface area contributed by atoms with E-state index in [2.05, 4.69) is 59.6 Å². The van der Waals surface area contributed by atoms with E-state index in [0.717, 1.165) is 12.8 Å². The van der Waals surface area contributed by atoms with Crippen molar-refractivity contribution >= 4 is 31.9 Å². The number of rotatable bonds is 0. The zero-order valence-corrected chi connectivity index (χ0v) is 14.2. The Labute approximate surface area is 121 Å². The molecule has 2 fully saturated rings. The van der Waals surface area contributed by atoms with E-state index in [1.807, 2.05) is 0 Å². The molecule has 0 N–H and O–H groups in total. The molecule has 2 aliphatic rings. The third kappa shape index (κ3) is 3.07. The van der Waals surface area contributed by atoms with E-state index in [9.17, 15) is 0 Å². The SMILES string of the molecule is CC1CC(C)(C)CC2(C1)OCC(Br)C(C)(Br)O2. The molecule has 4 unspecified atom stereocenters. The van der Waals surface area contributed by atoms with Crippen molar-refractivity contribution in [1.29, 1.82) is 0 Å². The Morgan fingerprint density at radius 3 is 2.35 bits per heavy atom. The molecule has 4 atom stereocenters. The molecule has 0 amide bonds. The molecule has 1 aliphatic carbocycles. The summed E-state index contributed by atoms with van der Waals surface area (Å²) in [5.41, 5.74) is 0.292. The van der Waals surface area contributed by atoms with Gasteiger partial charge in [0.15, 0.2) is 5.79 Å². The van der Waals surface area contributed by atoms with Crippen LogP contribution >= 0.6 is 31.9 Å². The van der Waals surface area contributed by atoms with Crippen LogP contribution in [-0.4, -0.2) is 21.7 Å². The van der Waals surface area contributed by atoms with E-state index in [4.69, 9.17) is 9.47 Å². The topological polar surface area (TPSA) is 18.5 Å². The third-order valence-corrected chi connectivity index (χ3v) is 6.21. The number of alkyl halides is 2. The Balaban J connectivity index is 2.19. The quantitative estimate of drug-likeness (QED) is 0.587. The van der Waals surface area contributed by atoms with Gasteiger partial charge in [0.25, 0.3) is 0 Å². The first-order valence-corrected chi connectivity index (χ1v) is 8.02. The Hall–Kier alpha value is 0.880. The average molecular weight is 370 g/mol. The number of hydrogen-bond acceptors (Lipinski definition) is 2. The molecule has 17 heavy (non-hydrogen) atoms. The van der Waals surface area contributed by atoms with E-state index >= 15 is 0 Å². The van der Waals surface area contributed by atoms with Gasteiger partial charge in [-0.25, -0.2) is 0 Å². The second-order valence-corrected chi connectivity index (χ2v) is 9.31. The maximum absolute atomic E-state index is 6.27. The standard InChI is InChI=1S/C13H22Br2O2/c1-9-5-11(2,3)8-13(6-9)16-7-10(14)12(4,15)17-13/h9-10H,5-8H2,1-4H3. The highest BCUT2D eigenvalue weighted by molar-refractivity contribution is 9.12. The molecular weight excluding hydrogens is 348 g/mol. The summed E-state index contributed by atoms with van der Waals surface area (Å²) in [6, 6.07) is 0. The molecule has 1 spiro atoms. The highest BCUT2D eigenvalue weighted by Gasteiger charge is 2.52. The molecule has 1 aliphatic heterocycles. The van der Waals surface area contributed by atoms with Gasteiger partial charge in [0, 0.05) is 12.8 Å². The van der Waals surface area contributed by atoms with Gasteiger partial charge in [0.05, 0.1) is 11.4 Å². The van der Waals surface area contributed by atoms with Gasteiger partial charge in [-0.05, 0) is 24.7 Å². The highest BCUT2D eigenvalue weighted by Crippen LogP contribution is 2.51. The molecule has 2 nitrogen and oxygen atoms in total. The van der Waals surface area contributed by atoms with Gasteiger partial charge in [-0.15, -0.1) is 0 Å². The Bertz CT molecular complexity index is 304. The van der Waals surface area contributed by atoms with Gasteiger partial charge in [-0.1, -0.05) is 52.6 Å². The molecule has 1 saturated carbocycles. The van der Waals surface area contributed by atoms with E-state index in [1.165, 1.54) is 6.42 Å². The number of ether oxygens (including phenoxy) is 2. The lowest BCUT2D eigenvalue weighted by Gasteiger charge is -2.53. The lowest BCUT2D eigenvalue weighted by atomic mass is 9.69. The Morgan fingerprint density at radius 1 is 1.18 bits per heavy atom. The molecule has 0 aromatic carbocycles. The third-order valence-electron chi connectivity index (χ3n) is 3.75. The summed E-state index contributed by atoms with van der Waals surface area (Å²) < 4.78 is 12.0. The monoisotopic (exact) mass is 368 g/mol. The van der Waals surface area contributed by atoms with Crippen molar-refractivity contribution < 1.29 is 9.47 Å². The molecule has 1 saturated heterocycles. The lowest BCUT2D eigenvalue weighted by Crippen LogP contribution is -2.57. The molecule has 0 radical (unpaired) electrons. The van der Waals surface area contributed by atoms with E-state index in [-0.39, 0.29) is 9.34 Å². The average Bonchev–Trinajstić information content (AvgIpc) is 2.07. The first-order valence-electron chi connectivity index (χ1n) is 6.31. The van der Waals surface area contributed by atoms with Crippen LogP contribution in [0.1, 0.15) is 47.0 Å². The minimum absolute atomic E-state index is 0.195. The smallest absolute Gasteiger partial charge is 0.171 e. The predicted molar refractivity (Wildman–Crippen MR) is 76.6 cm³/mol. The number of halogens is 2. The Morgan fingerprint density at radius 2 is 1.82 bits per heavy atom. The fraction of sp³-hybridized carbons (Fsp3) is 1.00. The van der Waals surface area contributed by atoms with Crippen LogP contribution in [-0.2, 0) is 9.47 Å². The summed E-state index contributed by atoms with van der Waals surface area (Å²) in [6.45, 7) is 9.68. The summed E-state index contributed by atoms with van der Waals surface area (Å²) in [6.07, 6.45) is 3.22. The van der Waals surface area contributed by atoms with Gasteiger partial charge in [-0.2, -0.15) is 0 Å². The van der Waals surface area contributed by atoms with E-state index in [1.54, 1.807) is 0 Å². The minimum Gasteiger partial charge on any atom is -0.349 e. The zero-order chi connectivity index (χ0) is 12.9. The highest BCUT2D eigenvalue weighted by atomic mass is 79.9. The van der Waals surface area contributed by atoms with Crippen molar-refractivity contribution in [3.8, 4) is 0 Å². The molecule has 100 valence electrons. The van der Waals surface area contributed by atoms with Crippen molar-refractivity contribution in [2.45, 2.75) is 62.1 Å². The lowest BCUT2D eigenvalue weighted by molar-refractivity contribution is -0.322. The van der Waals surface area contributed by atoms with Crippen LogP contribution in [0.15, 0.2) is 0 Å². The maximum Gasteiger partial charge on any atom is 0.171 e. The van der Waals surface area contributed by atoms with Crippen molar-refractivity contribution in [2.24, 2.45) is 11.3 Å². The van der Waals surface area contributed by atoms with Crippen LogP contribution in [0.4, 0.5) is 0 Å². The van der Waals surface area contributed by atoms with Crippen molar-refractivity contribution in [3.63, 3.8) is 0 Å². The molecule has 0 bridgehead atoms. The van der Waals surface area contributed by atoms with Crippen LogP contribution in [0.25, 0.3) is 0 Å². The van der Waals surface area contributed by atoms with Crippen LogP contribution in [0.2, 0.25) is 0 Å². The van der Waals surface area contributed by atoms with Crippen LogP contribution in [0.3, 0.4) is 0 Å². The molecule has 2 rings (SSSR count). The summed E-state index contributed by atoms with van der Waals surface area (Å²) in [5, 5.41) is 0. The van der Waals surface area contributed by atoms with Gasteiger partial charge < -0.3 is 9.47 Å². The molecule has 0 aromatic heterocycles. The van der Waals surface area contributed by atoms with Gasteiger partial charge in [0.2, 0.25) is 0 Å². The number of hydrogen-bond donors (Lipinski definition) is 0. The van der Waals surface area contributed by atoms with Crippen molar-refractivity contribution in [3.05, 3.63) is 0 Å². The minimum atomic E-state index is -0.399. The van der Waals surface area contributed by atoms with Crippen LogP contribution in [0, 0.1) is 11.3 Å². The second-order valence-electron chi connectivity index (χ2n) is 6.63. The summed E-state index contributed by atoms with van der Waals surface area (Å²) in [4.78, 5) is 0.195. The molecule has 4 heteroatoms. The first kappa shape index (κ1) is 14.3. The Kier molecular flexibility index (Phi) is 3.75. The second kappa shape index (κ2) is 4.46. The summed E-state index contributed by atoms with van der Waals surface area (Å²) in [5.74, 6) is 0.248.